The quantitative estimate of drug-likeness (QED) is 0.527. The van der Waals surface area contributed by atoms with Gasteiger partial charge in [0, 0.05) is 5.33 Å². The van der Waals surface area contributed by atoms with Crippen LogP contribution in [0.5, 0.6) is 0 Å². The Bertz CT molecular complexity index is 191. The van der Waals surface area contributed by atoms with E-state index in [1.54, 1.807) is 0 Å². The Kier molecular flexibility index (Phi) is 3.37. The fourth-order valence-corrected chi connectivity index (χ4v) is 1.44. The summed E-state index contributed by atoms with van der Waals surface area (Å²) in [6.07, 6.45) is 1.04. The average molecular weight is 217 g/mol. The van der Waals surface area contributed by atoms with Crippen LogP contribution in [-0.4, -0.2) is 0 Å². The molecule has 10 heavy (non-hydrogen) atoms. The van der Waals surface area contributed by atoms with Gasteiger partial charge in [-0.3, -0.25) is 0 Å². The van der Waals surface area contributed by atoms with Crippen LogP contribution >= 0.6 is 25.2 Å². The molecule has 1 aromatic carbocycles. The predicted octanol–water partition coefficient (Wildman–Crippen LogP) is 2.96. The highest BCUT2D eigenvalue weighted by Gasteiger charge is 1.90. The number of hydrogen-bond donors (Lipinski definition) is 0. The van der Waals surface area contributed by atoms with Crippen molar-refractivity contribution in [3.63, 3.8) is 0 Å². The van der Waals surface area contributed by atoms with Gasteiger partial charge in [-0.15, -0.1) is 9.24 Å². The molecule has 54 valence electrons. The van der Waals surface area contributed by atoms with Crippen LogP contribution in [0.3, 0.4) is 0 Å². The first-order chi connectivity index (χ1) is 4.86. The zero-order chi connectivity index (χ0) is 7.40. The van der Waals surface area contributed by atoms with Crippen molar-refractivity contribution < 1.29 is 0 Å². The van der Waals surface area contributed by atoms with Crippen molar-refractivity contribution in [2.24, 2.45) is 0 Å². The highest BCUT2D eigenvalue weighted by atomic mass is 79.9. The van der Waals surface area contributed by atoms with E-state index in [1.807, 2.05) is 0 Å². The maximum absolute atomic E-state index is 3.41. The van der Waals surface area contributed by atoms with Crippen LogP contribution < -0.4 is 0 Å². The summed E-state index contributed by atoms with van der Waals surface area (Å²) in [5.74, 6) is 0. The van der Waals surface area contributed by atoms with Gasteiger partial charge in [0.2, 0.25) is 0 Å². The third-order valence-electron chi connectivity index (χ3n) is 1.38. The third kappa shape index (κ3) is 2.07. The van der Waals surface area contributed by atoms with E-state index in [4.69, 9.17) is 0 Å². The van der Waals surface area contributed by atoms with Crippen LogP contribution in [0.15, 0.2) is 24.3 Å². The Morgan fingerprint density at radius 3 is 2.60 bits per heavy atom. The fourth-order valence-electron chi connectivity index (χ4n) is 0.840. The Labute approximate surface area is 72.4 Å². The zero-order valence-electron chi connectivity index (χ0n) is 5.68. The van der Waals surface area contributed by atoms with Crippen molar-refractivity contribution in [3.8, 4) is 0 Å². The van der Waals surface area contributed by atoms with E-state index >= 15 is 0 Å². The lowest BCUT2D eigenvalue weighted by Crippen LogP contribution is -1.80. The van der Waals surface area contributed by atoms with Crippen LogP contribution in [0.4, 0.5) is 0 Å². The molecule has 0 radical (unpaired) electrons. The third-order valence-corrected chi connectivity index (χ3v) is 2.50. The van der Waals surface area contributed by atoms with Gasteiger partial charge in [0.25, 0.3) is 0 Å². The molecule has 0 amide bonds. The molecule has 1 rings (SSSR count). The highest BCUT2D eigenvalue weighted by Crippen LogP contribution is 2.10. The molecule has 0 saturated carbocycles. The molecule has 0 N–H and O–H groups in total. The van der Waals surface area contributed by atoms with Crippen LogP contribution in [0, 0.1) is 0 Å². The minimum Gasteiger partial charge on any atom is -0.133 e. The summed E-state index contributed by atoms with van der Waals surface area (Å²) >= 11 is 3.41. The van der Waals surface area contributed by atoms with E-state index in [0.29, 0.717) is 0 Å². The van der Waals surface area contributed by atoms with Gasteiger partial charge in [0.15, 0.2) is 0 Å². The molecule has 0 aromatic heterocycles. The number of rotatable bonds is 2. The van der Waals surface area contributed by atoms with Crippen molar-refractivity contribution >= 4 is 25.2 Å². The minimum atomic E-state index is 0.950. The molecule has 0 saturated heterocycles. The van der Waals surface area contributed by atoms with Crippen LogP contribution in [-0.2, 0) is 11.5 Å². The van der Waals surface area contributed by atoms with E-state index in [9.17, 15) is 0 Å². The van der Waals surface area contributed by atoms with E-state index < -0.39 is 0 Å². The molecule has 1 atom stereocenters. The van der Waals surface area contributed by atoms with Crippen molar-refractivity contribution in [3.05, 3.63) is 35.4 Å². The van der Waals surface area contributed by atoms with Crippen LogP contribution in [0.25, 0.3) is 0 Å². The second kappa shape index (κ2) is 4.10. The monoisotopic (exact) mass is 216 g/mol. The first-order valence-corrected chi connectivity index (χ1v) is 5.14. The second-order valence-corrected chi connectivity index (χ2v) is 3.13. The molecule has 0 spiro atoms. The first kappa shape index (κ1) is 8.23. The summed E-state index contributed by atoms with van der Waals surface area (Å²) in [7, 11) is 2.72. The fraction of sp³-hybridized carbons (Fsp3) is 0.250. The van der Waals surface area contributed by atoms with Gasteiger partial charge < -0.3 is 0 Å². The normalized spacial score (nSPS) is 9.80. The van der Waals surface area contributed by atoms with Crippen molar-refractivity contribution in [1.29, 1.82) is 0 Å². The Hall–Kier alpha value is 0.130. The Balaban J connectivity index is 2.87. The van der Waals surface area contributed by atoms with E-state index in [2.05, 4.69) is 49.4 Å². The first-order valence-electron chi connectivity index (χ1n) is 3.20. The van der Waals surface area contributed by atoms with Gasteiger partial charge in [-0.25, -0.2) is 0 Å². The lowest BCUT2D eigenvalue weighted by molar-refractivity contribution is 1.34. The molecule has 0 heterocycles. The minimum absolute atomic E-state index is 0.950. The Morgan fingerprint density at radius 2 is 2.00 bits per heavy atom. The molecular weight excluding hydrogens is 207 g/mol. The number of benzene rings is 1. The summed E-state index contributed by atoms with van der Waals surface area (Å²) < 4.78 is 0. The number of alkyl halides is 1. The molecule has 0 aliphatic heterocycles. The van der Waals surface area contributed by atoms with Crippen molar-refractivity contribution in [1.82, 2.24) is 0 Å². The maximum Gasteiger partial charge on any atom is 0.0283 e. The van der Waals surface area contributed by atoms with Gasteiger partial charge in [-0.2, -0.15) is 0 Å². The van der Waals surface area contributed by atoms with Gasteiger partial charge in [-0.1, -0.05) is 40.2 Å². The molecular formula is C8H10BrP. The molecule has 0 fully saturated rings. The van der Waals surface area contributed by atoms with Crippen molar-refractivity contribution in [2.45, 2.75) is 11.5 Å². The SMILES string of the molecule is PCc1cccc(CBr)c1. The van der Waals surface area contributed by atoms with Crippen molar-refractivity contribution in [2.75, 3.05) is 0 Å². The predicted molar refractivity (Wildman–Crippen MR) is 52.5 cm³/mol. The molecule has 0 nitrogen and oxygen atoms in total. The molecule has 0 bridgehead atoms. The maximum atomic E-state index is 3.41. The smallest absolute Gasteiger partial charge is 0.0283 e. The zero-order valence-corrected chi connectivity index (χ0v) is 8.42. The molecule has 1 unspecified atom stereocenters. The van der Waals surface area contributed by atoms with Gasteiger partial charge in [0.05, 0.1) is 0 Å². The van der Waals surface area contributed by atoms with Gasteiger partial charge in [0.1, 0.15) is 0 Å². The lowest BCUT2D eigenvalue weighted by Gasteiger charge is -1.97. The topological polar surface area (TPSA) is 0 Å². The average Bonchev–Trinajstić information content (AvgIpc) is 2.05. The number of halogens is 1. The molecule has 2 heteroatoms. The standard InChI is InChI=1S/C8H10BrP/c9-5-7-2-1-3-8(4-7)6-10/h1-4H,5-6,10H2. The second-order valence-electron chi connectivity index (χ2n) is 2.16. The summed E-state index contributed by atoms with van der Waals surface area (Å²) in [4.78, 5) is 0. The molecule has 0 aliphatic rings. The highest BCUT2D eigenvalue weighted by molar-refractivity contribution is 9.08. The largest absolute Gasteiger partial charge is 0.133 e. The summed E-state index contributed by atoms with van der Waals surface area (Å²) in [6, 6.07) is 8.56. The van der Waals surface area contributed by atoms with E-state index in [0.717, 1.165) is 11.5 Å². The van der Waals surface area contributed by atoms with E-state index in [1.165, 1.54) is 11.1 Å². The Morgan fingerprint density at radius 1 is 1.30 bits per heavy atom. The van der Waals surface area contributed by atoms with Crippen LogP contribution in [0.1, 0.15) is 11.1 Å². The van der Waals surface area contributed by atoms with Gasteiger partial charge in [-0.05, 0) is 17.3 Å². The van der Waals surface area contributed by atoms with Gasteiger partial charge >= 0.3 is 0 Å². The summed E-state index contributed by atoms with van der Waals surface area (Å²) in [6.45, 7) is 0. The summed E-state index contributed by atoms with van der Waals surface area (Å²) in [5.41, 5.74) is 2.72. The number of hydrogen-bond acceptors (Lipinski definition) is 0. The molecule has 1 aromatic rings. The lowest BCUT2D eigenvalue weighted by atomic mass is 10.2. The molecule has 0 aliphatic carbocycles. The van der Waals surface area contributed by atoms with Crippen LogP contribution in [0.2, 0.25) is 0 Å². The summed E-state index contributed by atoms with van der Waals surface area (Å²) in [5, 5.41) is 0.950. The van der Waals surface area contributed by atoms with E-state index in [-0.39, 0.29) is 0 Å².